The quantitative estimate of drug-likeness (QED) is 0.317. The van der Waals surface area contributed by atoms with Crippen molar-refractivity contribution in [3.05, 3.63) is 0 Å². The molecule has 0 aromatic rings. The maximum atomic E-state index is 11.3. The van der Waals surface area contributed by atoms with E-state index in [1.807, 2.05) is 0 Å². The molecule has 0 unspecified atom stereocenters. The van der Waals surface area contributed by atoms with E-state index in [0.717, 1.165) is 25.7 Å². The molecular formula is C10H18NO3+. The number of imide groups is 1. The molecule has 80 valence electrons. The van der Waals surface area contributed by atoms with Crippen molar-refractivity contribution < 1.29 is 19.4 Å². The second-order valence-corrected chi connectivity index (χ2v) is 3.84. The van der Waals surface area contributed by atoms with Crippen LogP contribution in [-0.2, 0) is 9.59 Å². The number of hydrogen-bond donors (Lipinski definition) is 1. The molecule has 4 nitrogen and oxygen atoms in total. The fourth-order valence-electron chi connectivity index (χ4n) is 1.74. The minimum atomic E-state index is -0.941. The minimum absolute atomic E-state index is 0.198. The lowest BCUT2D eigenvalue weighted by Gasteiger charge is -2.18. The first-order valence-electron chi connectivity index (χ1n) is 5.29. The first-order chi connectivity index (χ1) is 6.61. The normalized spacial score (nSPS) is 20.4. The fraction of sp³-hybridized carbons (Fsp3) is 0.800. The van der Waals surface area contributed by atoms with E-state index in [1.54, 1.807) is 0 Å². The van der Waals surface area contributed by atoms with Gasteiger partial charge in [0.05, 0.1) is 12.8 Å². The Morgan fingerprint density at radius 3 is 2.21 bits per heavy atom. The smallest absolute Gasteiger partial charge is 0.227 e. The summed E-state index contributed by atoms with van der Waals surface area (Å²) in [6.07, 6.45) is 4.29. The first-order valence-corrected chi connectivity index (χ1v) is 5.29. The van der Waals surface area contributed by atoms with Gasteiger partial charge in [-0.1, -0.05) is 24.4 Å². The monoisotopic (exact) mass is 200 g/mol. The summed E-state index contributed by atoms with van der Waals surface area (Å²) in [5, 5.41) is 9.77. The highest BCUT2D eigenvalue weighted by molar-refractivity contribution is 5.90. The van der Waals surface area contributed by atoms with Gasteiger partial charge in [0.25, 0.3) is 0 Å². The third-order valence-corrected chi connectivity index (χ3v) is 2.71. The zero-order chi connectivity index (χ0) is 10.6. The van der Waals surface area contributed by atoms with E-state index in [-0.39, 0.29) is 31.2 Å². The molecule has 1 fully saturated rings. The van der Waals surface area contributed by atoms with E-state index in [1.165, 1.54) is 0 Å². The summed E-state index contributed by atoms with van der Waals surface area (Å²) in [6, 6.07) is 0. The van der Waals surface area contributed by atoms with Crippen molar-refractivity contribution in [3.63, 3.8) is 0 Å². The third-order valence-electron chi connectivity index (χ3n) is 2.71. The Balaban J connectivity index is 2.40. The van der Waals surface area contributed by atoms with Gasteiger partial charge in [0.2, 0.25) is 0 Å². The molecule has 14 heavy (non-hydrogen) atoms. The molecule has 1 saturated heterocycles. The molecule has 1 N–H and O–H groups in total. The summed E-state index contributed by atoms with van der Waals surface area (Å²) in [7, 11) is 0. The second-order valence-electron chi connectivity index (χ2n) is 3.84. The third kappa shape index (κ3) is 2.19. The van der Waals surface area contributed by atoms with Gasteiger partial charge in [0.15, 0.2) is 0 Å². The van der Waals surface area contributed by atoms with Crippen LogP contribution in [0.2, 0.25) is 0 Å². The Kier molecular flexibility index (Phi) is 3.77. The fourth-order valence-corrected chi connectivity index (χ4v) is 1.74. The van der Waals surface area contributed by atoms with Crippen LogP contribution in [0.3, 0.4) is 0 Å². The van der Waals surface area contributed by atoms with Gasteiger partial charge >= 0.3 is 11.8 Å². The molecule has 0 aromatic carbocycles. The van der Waals surface area contributed by atoms with Crippen LogP contribution in [0.25, 0.3) is 0 Å². The Morgan fingerprint density at radius 1 is 1.14 bits per heavy atom. The molecule has 0 aromatic heterocycles. The lowest BCUT2D eigenvalue weighted by molar-refractivity contribution is -0.971. The number of hydroxylamine groups is 3. The molecule has 0 radical (unpaired) electrons. The van der Waals surface area contributed by atoms with Crippen LogP contribution in [-0.4, -0.2) is 28.2 Å². The lowest BCUT2D eigenvalue weighted by atomic mass is 10.2. The summed E-state index contributed by atoms with van der Waals surface area (Å²) >= 11 is 0. The van der Waals surface area contributed by atoms with Crippen molar-refractivity contribution in [2.45, 2.75) is 45.4 Å². The summed E-state index contributed by atoms with van der Waals surface area (Å²) in [6.45, 7) is 2.35. The zero-order valence-electron chi connectivity index (χ0n) is 8.66. The zero-order valence-corrected chi connectivity index (χ0v) is 8.66. The number of hydrogen-bond acceptors (Lipinski definition) is 3. The molecule has 1 heterocycles. The molecular weight excluding hydrogens is 182 g/mol. The van der Waals surface area contributed by atoms with Crippen LogP contribution in [0.4, 0.5) is 0 Å². The number of amides is 2. The number of nitrogens with zero attached hydrogens (tertiary/aromatic N) is 1. The van der Waals surface area contributed by atoms with Crippen LogP contribution < -0.4 is 0 Å². The maximum Gasteiger partial charge on any atom is 0.353 e. The van der Waals surface area contributed by atoms with Crippen LogP contribution in [0, 0.1) is 0 Å². The Hall–Kier alpha value is -0.740. The molecule has 2 amide bonds. The largest absolute Gasteiger partial charge is 0.353 e. The standard InChI is InChI=1S/C10H18NO3/c1-2-3-4-5-8-11(14)9(12)6-7-10(11)13/h14H,2-8H2,1H3/q+1. The summed E-state index contributed by atoms with van der Waals surface area (Å²) < 4.78 is -0.941. The molecule has 0 aliphatic carbocycles. The van der Waals surface area contributed by atoms with Crippen molar-refractivity contribution in [1.29, 1.82) is 0 Å². The van der Waals surface area contributed by atoms with Crippen LogP contribution >= 0.6 is 0 Å². The van der Waals surface area contributed by atoms with Gasteiger partial charge in [-0.3, -0.25) is 0 Å². The predicted molar refractivity (Wildman–Crippen MR) is 50.3 cm³/mol. The summed E-state index contributed by atoms with van der Waals surface area (Å²) in [5.74, 6) is -0.682. The highest BCUT2D eigenvalue weighted by Gasteiger charge is 2.49. The van der Waals surface area contributed by atoms with Gasteiger partial charge in [0.1, 0.15) is 6.54 Å². The van der Waals surface area contributed by atoms with E-state index < -0.39 is 4.65 Å². The van der Waals surface area contributed by atoms with Crippen LogP contribution in [0.15, 0.2) is 0 Å². The first kappa shape index (κ1) is 11.3. The molecule has 1 rings (SSSR count). The van der Waals surface area contributed by atoms with Crippen molar-refractivity contribution in [1.82, 2.24) is 0 Å². The number of carbonyl (C=O) groups excluding carboxylic acids is 2. The van der Waals surface area contributed by atoms with Gasteiger partial charge in [-0.2, -0.15) is 0 Å². The SMILES string of the molecule is CCCCCC[N+]1(O)C(=O)CCC1=O. The van der Waals surface area contributed by atoms with Gasteiger partial charge in [-0.15, -0.1) is 0 Å². The maximum absolute atomic E-state index is 11.3. The molecule has 0 atom stereocenters. The van der Waals surface area contributed by atoms with Gasteiger partial charge in [-0.25, -0.2) is 14.8 Å². The van der Waals surface area contributed by atoms with Gasteiger partial charge in [-0.05, 0) is 6.42 Å². The number of quaternary nitrogens is 1. The minimum Gasteiger partial charge on any atom is -0.227 e. The molecule has 0 saturated carbocycles. The van der Waals surface area contributed by atoms with Crippen LogP contribution in [0.1, 0.15) is 45.4 Å². The van der Waals surface area contributed by atoms with Crippen molar-refractivity contribution in [3.8, 4) is 0 Å². The lowest BCUT2D eigenvalue weighted by Crippen LogP contribution is -2.49. The van der Waals surface area contributed by atoms with Gasteiger partial charge in [0, 0.05) is 6.42 Å². The van der Waals surface area contributed by atoms with E-state index >= 15 is 0 Å². The van der Waals surface area contributed by atoms with Crippen LogP contribution in [0.5, 0.6) is 0 Å². The average molecular weight is 200 g/mol. The Labute approximate surface area is 84.1 Å². The molecule has 0 bridgehead atoms. The van der Waals surface area contributed by atoms with Crippen molar-refractivity contribution in [2.75, 3.05) is 6.54 Å². The Bertz CT molecular complexity index is 222. The van der Waals surface area contributed by atoms with Crippen molar-refractivity contribution >= 4 is 11.8 Å². The molecule has 0 spiro atoms. The van der Waals surface area contributed by atoms with Gasteiger partial charge < -0.3 is 0 Å². The molecule has 1 aliphatic heterocycles. The van der Waals surface area contributed by atoms with E-state index in [2.05, 4.69) is 6.92 Å². The summed E-state index contributed by atoms with van der Waals surface area (Å²) in [4.78, 5) is 22.5. The highest BCUT2D eigenvalue weighted by atomic mass is 16.6. The predicted octanol–water partition coefficient (Wildman–Crippen LogP) is 1.62. The average Bonchev–Trinajstić information content (AvgIpc) is 2.42. The molecule has 1 aliphatic rings. The van der Waals surface area contributed by atoms with E-state index in [0.29, 0.717) is 0 Å². The number of unbranched alkanes of at least 4 members (excludes halogenated alkanes) is 3. The van der Waals surface area contributed by atoms with E-state index in [4.69, 9.17) is 0 Å². The van der Waals surface area contributed by atoms with Crippen molar-refractivity contribution in [2.24, 2.45) is 0 Å². The number of rotatable bonds is 5. The topological polar surface area (TPSA) is 54.4 Å². The number of carbonyl (C=O) groups is 2. The Morgan fingerprint density at radius 2 is 1.71 bits per heavy atom. The second kappa shape index (κ2) is 4.66. The summed E-state index contributed by atoms with van der Waals surface area (Å²) in [5.41, 5.74) is 0. The highest BCUT2D eigenvalue weighted by Crippen LogP contribution is 2.20. The number of likely N-dealkylation sites (tertiary alicyclic amines) is 1. The van der Waals surface area contributed by atoms with E-state index in [9.17, 15) is 14.8 Å². The molecule has 4 heteroatoms.